The van der Waals surface area contributed by atoms with Crippen LogP contribution in [0.3, 0.4) is 0 Å². The lowest BCUT2D eigenvalue weighted by Crippen LogP contribution is -2.38. The lowest BCUT2D eigenvalue weighted by Gasteiger charge is -2.36. The predicted molar refractivity (Wildman–Crippen MR) is 189 cm³/mol. The molecule has 4 aromatic rings. The summed E-state index contributed by atoms with van der Waals surface area (Å²) in [4.78, 5) is 36.3. The first kappa shape index (κ1) is 35.6. The maximum Gasteiger partial charge on any atom is 0.325 e. The topological polar surface area (TPSA) is 135 Å². The highest BCUT2D eigenvalue weighted by atomic mass is 32.2. The summed E-state index contributed by atoms with van der Waals surface area (Å²) in [6, 6.07) is 30.9. The minimum Gasteiger partial charge on any atom is -0.465 e. The van der Waals surface area contributed by atoms with Gasteiger partial charge in [-0.3, -0.25) is 9.59 Å². The normalized spacial score (nSPS) is 17.2. The summed E-state index contributed by atoms with van der Waals surface area (Å²) in [6.07, 6.45) is -0.251. The minimum atomic E-state index is -0.599. The van der Waals surface area contributed by atoms with E-state index in [1.807, 2.05) is 97.1 Å². The fourth-order valence-corrected chi connectivity index (χ4v) is 6.35. The third-order valence-electron chi connectivity index (χ3n) is 7.87. The SMILES string of the molecule is CCOC(=O)CNC(=O)NCc1ccccc1-c1ccc([C@H]2O[C@@H](CSc3ccc(NC(C)=O)cc3)C[C@@H](c3ccc(CO)cc3)O2)cc1. The molecule has 1 fully saturated rings. The molecule has 4 aromatic carbocycles. The van der Waals surface area contributed by atoms with E-state index in [4.69, 9.17) is 14.2 Å². The first-order valence-corrected chi connectivity index (χ1v) is 17.2. The predicted octanol–water partition coefficient (Wildman–Crippen LogP) is 6.50. The molecule has 1 heterocycles. The van der Waals surface area contributed by atoms with Gasteiger partial charge in [-0.15, -0.1) is 11.8 Å². The van der Waals surface area contributed by atoms with Gasteiger partial charge in [0, 0.05) is 41.8 Å². The zero-order valence-corrected chi connectivity index (χ0v) is 28.3. The van der Waals surface area contributed by atoms with E-state index >= 15 is 0 Å². The van der Waals surface area contributed by atoms with E-state index in [1.54, 1.807) is 18.7 Å². The van der Waals surface area contributed by atoms with Gasteiger partial charge in [0.15, 0.2) is 6.29 Å². The summed E-state index contributed by atoms with van der Waals surface area (Å²) in [5.74, 6) is 0.105. The van der Waals surface area contributed by atoms with Crippen LogP contribution in [0.1, 0.15) is 54.9 Å². The molecule has 49 heavy (non-hydrogen) atoms. The number of rotatable bonds is 13. The number of anilines is 1. The number of thioether (sulfide) groups is 1. The zero-order valence-electron chi connectivity index (χ0n) is 27.5. The molecule has 1 aliphatic heterocycles. The molecular weight excluding hydrogens is 642 g/mol. The van der Waals surface area contributed by atoms with Gasteiger partial charge in [-0.05, 0) is 59.0 Å². The summed E-state index contributed by atoms with van der Waals surface area (Å²) in [5, 5.41) is 17.6. The van der Waals surface area contributed by atoms with Crippen LogP contribution in [0.4, 0.5) is 10.5 Å². The maximum absolute atomic E-state index is 12.3. The van der Waals surface area contributed by atoms with Crippen LogP contribution >= 0.6 is 11.8 Å². The fraction of sp³-hybridized carbons (Fsp3) is 0.289. The van der Waals surface area contributed by atoms with Crippen LogP contribution in [-0.4, -0.2) is 48.0 Å². The number of ether oxygens (including phenoxy) is 3. The molecular formula is C38H41N3O7S. The van der Waals surface area contributed by atoms with E-state index in [0.29, 0.717) is 12.2 Å². The summed E-state index contributed by atoms with van der Waals surface area (Å²) in [7, 11) is 0. The van der Waals surface area contributed by atoms with Crippen molar-refractivity contribution in [1.29, 1.82) is 0 Å². The van der Waals surface area contributed by atoms with Gasteiger partial charge in [-0.2, -0.15) is 0 Å². The number of hydrogen-bond donors (Lipinski definition) is 4. The van der Waals surface area contributed by atoms with Crippen LogP contribution in [0.15, 0.2) is 102 Å². The van der Waals surface area contributed by atoms with Gasteiger partial charge >= 0.3 is 12.0 Å². The first-order valence-electron chi connectivity index (χ1n) is 16.2. The summed E-state index contributed by atoms with van der Waals surface area (Å²) >= 11 is 1.69. The van der Waals surface area contributed by atoms with Crippen molar-refractivity contribution in [1.82, 2.24) is 10.6 Å². The number of amides is 3. The van der Waals surface area contributed by atoms with Crippen LogP contribution in [-0.2, 0) is 37.0 Å². The second-order valence-electron chi connectivity index (χ2n) is 11.5. The quantitative estimate of drug-likeness (QED) is 0.0927. The molecule has 1 aliphatic rings. The Morgan fingerprint density at radius 3 is 2.29 bits per heavy atom. The number of carbonyl (C=O) groups excluding carboxylic acids is 3. The smallest absolute Gasteiger partial charge is 0.325 e. The van der Waals surface area contributed by atoms with Gasteiger partial charge in [0.05, 0.1) is 25.4 Å². The molecule has 0 radical (unpaired) electrons. The van der Waals surface area contributed by atoms with Crippen LogP contribution in [0.2, 0.25) is 0 Å². The molecule has 0 aliphatic carbocycles. The van der Waals surface area contributed by atoms with Gasteiger partial charge in [-0.1, -0.05) is 72.8 Å². The van der Waals surface area contributed by atoms with E-state index in [1.165, 1.54) is 6.92 Å². The van der Waals surface area contributed by atoms with Crippen molar-refractivity contribution in [3.63, 3.8) is 0 Å². The van der Waals surface area contributed by atoms with Gasteiger partial charge in [0.2, 0.25) is 5.91 Å². The Morgan fingerprint density at radius 2 is 1.59 bits per heavy atom. The number of esters is 1. The number of carbonyl (C=O) groups is 3. The molecule has 0 bridgehead atoms. The molecule has 256 valence electrons. The minimum absolute atomic E-state index is 0.0221. The Labute approximate surface area is 290 Å². The molecule has 0 aromatic heterocycles. The van der Waals surface area contributed by atoms with Crippen molar-refractivity contribution in [3.8, 4) is 11.1 Å². The Bertz CT molecular complexity index is 1700. The maximum atomic E-state index is 12.3. The fourth-order valence-electron chi connectivity index (χ4n) is 5.43. The highest BCUT2D eigenvalue weighted by Crippen LogP contribution is 2.40. The summed E-state index contributed by atoms with van der Waals surface area (Å²) < 4.78 is 17.9. The van der Waals surface area contributed by atoms with Crippen molar-refractivity contribution in [2.24, 2.45) is 0 Å². The van der Waals surface area contributed by atoms with Crippen molar-refractivity contribution in [2.45, 2.75) is 56.8 Å². The van der Waals surface area contributed by atoms with Gasteiger partial charge in [0.1, 0.15) is 6.54 Å². The molecule has 3 amide bonds. The number of hydrogen-bond acceptors (Lipinski definition) is 8. The molecule has 3 atom stereocenters. The molecule has 10 nitrogen and oxygen atoms in total. The van der Waals surface area contributed by atoms with Gasteiger partial charge < -0.3 is 35.3 Å². The van der Waals surface area contributed by atoms with Crippen molar-refractivity contribution in [3.05, 3.63) is 119 Å². The number of aliphatic hydroxyl groups is 1. The molecule has 4 N–H and O–H groups in total. The lowest BCUT2D eigenvalue weighted by atomic mass is 9.98. The van der Waals surface area contributed by atoms with Gasteiger partial charge in [-0.25, -0.2) is 4.79 Å². The molecule has 1 saturated heterocycles. The van der Waals surface area contributed by atoms with Gasteiger partial charge in [0.25, 0.3) is 0 Å². The molecule has 0 unspecified atom stereocenters. The van der Waals surface area contributed by atoms with Crippen molar-refractivity contribution < 1.29 is 33.7 Å². The monoisotopic (exact) mass is 683 g/mol. The average Bonchev–Trinajstić information content (AvgIpc) is 3.13. The van der Waals surface area contributed by atoms with Crippen LogP contribution in [0, 0.1) is 0 Å². The Balaban J connectivity index is 1.28. The molecule has 0 spiro atoms. The zero-order chi connectivity index (χ0) is 34.6. The third kappa shape index (κ3) is 10.4. The van der Waals surface area contributed by atoms with Crippen LogP contribution in [0.25, 0.3) is 11.1 Å². The number of nitrogens with one attached hydrogen (secondary N) is 3. The third-order valence-corrected chi connectivity index (χ3v) is 9.02. The second kappa shape index (κ2) is 17.6. The van der Waals surface area contributed by atoms with Crippen LogP contribution in [0.5, 0.6) is 0 Å². The van der Waals surface area contributed by atoms with E-state index in [9.17, 15) is 19.5 Å². The van der Waals surface area contributed by atoms with Crippen LogP contribution < -0.4 is 16.0 Å². The lowest BCUT2D eigenvalue weighted by molar-refractivity contribution is -0.245. The highest BCUT2D eigenvalue weighted by Gasteiger charge is 2.32. The first-order chi connectivity index (χ1) is 23.8. The largest absolute Gasteiger partial charge is 0.465 e. The molecule has 11 heteroatoms. The van der Waals surface area contributed by atoms with E-state index < -0.39 is 18.3 Å². The molecule has 5 rings (SSSR count). The summed E-state index contributed by atoms with van der Waals surface area (Å²) in [5.41, 5.74) is 6.34. The van der Waals surface area contributed by atoms with E-state index in [-0.39, 0.29) is 44.4 Å². The average molecular weight is 684 g/mol. The summed E-state index contributed by atoms with van der Waals surface area (Å²) in [6.45, 7) is 3.50. The number of urea groups is 1. The Hall–Kier alpha value is -4.68. The van der Waals surface area contributed by atoms with Crippen molar-refractivity contribution in [2.75, 3.05) is 24.2 Å². The van der Waals surface area contributed by atoms with E-state index in [2.05, 4.69) is 16.0 Å². The molecule has 0 saturated carbocycles. The highest BCUT2D eigenvalue weighted by molar-refractivity contribution is 7.99. The standard InChI is InChI=1S/C38H41N3O7S/c1-3-46-36(44)22-40-38(45)39-21-30-6-4-5-7-34(30)27-12-14-29(15-13-27)37-47-32(20-35(48-37)28-10-8-26(23-42)9-11-28)24-49-33-18-16-31(17-19-33)41-25(2)43/h4-19,32,35,37,42H,3,20-24H2,1-2H3,(H,41,43)(H2,39,40,45)/t32-,35+,37+/m1/s1. The Morgan fingerprint density at radius 1 is 0.878 bits per heavy atom. The second-order valence-corrected chi connectivity index (χ2v) is 12.6. The van der Waals surface area contributed by atoms with Crippen molar-refractivity contribution >= 4 is 35.4 Å². The van der Waals surface area contributed by atoms with E-state index in [0.717, 1.165) is 44.0 Å². The Kier molecular flexibility index (Phi) is 12.8. The number of aliphatic hydroxyl groups excluding tert-OH is 1. The number of benzene rings is 4.